The van der Waals surface area contributed by atoms with E-state index >= 15 is 0 Å². The molecule has 1 saturated heterocycles. The lowest BCUT2D eigenvalue weighted by atomic mass is 10.0. The minimum atomic E-state index is 0.505. The summed E-state index contributed by atoms with van der Waals surface area (Å²) in [4.78, 5) is 9.45. The van der Waals surface area contributed by atoms with Crippen molar-refractivity contribution in [3.63, 3.8) is 0 Å². The maximum atomic E-state index is 4.49. The number of rotatable bonds is 7. The number of aryl methyl sites for hydroxylation is 1. The molecule has 2 atom stereocenters. The Hall–Kier alpha value is -0.910. The molecule has 5 nitrogen and oxygen atoms in total. The van der Waals surface area contributed by atoms with Crippen molar-refractivity contribution in [1.82, 2.24) is 24.7 Å². The Bertz CT molecular complexity index is 417. The fraction of sp³-hybridized carbons (Fsp3) is 0.812. The predicted octanol–water partition coefficient (Wildman–Crippen LogP) is 0.967. The number of likely N-dealkylation sites (N-methyl/N-ethyl adjacent to an activating group) is 2. The molecule has 0 bridgehead atoms. The number of aromatic nitrogens is 2. The van der Waals surface area contributed by atoms with Crippen LogP contribution in [-0.2, 0) is 13.5 Å². The van der Waals surface area contributed by atoms with E-state index in [9.17, 15) is 0 Å². The zero-order valence-corrected chi connectivity index (χ0v) is 14.0. The number of nitrogens with one attached hydrogen (secondary N) is 1. The normalized spacial score (nSPS) is 22.6. The Balaban J connectivity index is 1.96. The highest BCUT2D eigenvalue weighted by molar-refractivity contribution is 4.96. The summed E-state index contributed by atoms with van der Waals surface area (Å²) >= 11 is 0. The van der Waals surface area contributed by atoms with Gasteiger partial charge in [-0.3, -0.25) is 0 Å². The number of hydrogen-bond donors (Lipinski definition) is 1. The van der Waals surface area contributed by atoms with E-state index in [0.717, 1.165) is 13.0 Å². The van der Waals surface area contributed by atoms with Crippen molar-refractivity contribution >= 4 is 0 Å². The van der Waals surface area contributed by atoms with Crippen LogP contribution in [0, 0.1) is 0 Å². The fourth-order valence-electron chi connectivity index (χ4n) is 3.09. The van der Waals surface area contributed by atoms with E-state index in [1.807, 2.05) is 12.4 Å². The Morgan fingerprint density at radius 1 is 1.33 bits per heavy atom. The molecule has 1 fully saturated rings. The van der Waals surface area contributed by atoms with Crippen LogP contribution >= 0.6 is 0 Å². The van der Waals surface area contributed by atoms with Crippen LogP contribution in [0.5, 0.6) is 0 Å². The van der Waals surface area contributed by atoms with Crippen LogP contribution in [-0.4, -0.2) is 71.7 Å². The van der Waals surface area contributed by atoms with Crippen LogP contribution in [0.1, 0.15) is 25.6 Å². The first-order chi connectivity index (χ1) is 10.1. The third-order valence-electron chi connectivity index (χ3n) is 4.57. The molecule has 2 heterocycles. The first-order valence-electron chi connectivity index (χ1n) is 8.18. The van der Waals surface area contributed by atoms with Crippen LogP contribution in [0.2, 0.25) is 0 Å². The lowest BCUT2D eigenvalue weighted by molar-refractivity contribution is 0.101. The largest absolute Gasteiger partial charge is 0.338 e. The van der Waals surface area contributed by atoms with Crippen molar-refractivity contribution in [2.24, 2.45) is 7.05 Å². The zero-order chi connectivity index (χ0) is 15.2. The van der Waals surface area contributed by atoms with Crippen molar-refractivity contribution in [2.45, 2.75) is 38.3 Å². The minimum Gasteiger partial charge on any atom is -0.338 e. The molecule has 1 aromatic rings. The smallest absolute Gasteiger partial charge is 0.109 e. The van der Waals surface area contributed by atoms with Gasteiger partial charge in [0.15, 0.2) is 0 Å². The van der Waals surface area contributed by atoms with Crippen molar-refractivity contribution in [1.29, 1.82) is 0 Å². The van der Waals surface area contributed by atoms with Gasteiger partial charge in [0.25, 0.3) is 0 Å². The quantitative estimate of drug-likeness (QED) is 0.813. The van der Waals surface area contributed by atoms with Crippen LogP contribution in [0.4, 0.5) is 0 Å². The standard InChI is InChI=1S/C16H31N5/c1-5-6-17-14(12-16-18-7-8-21(16)4)11-15-13-19(2)9-10-20(15)3/h7-8,14-15,17H,5-6,9-13H2,1-4H3. The van der Waals surface area contributed by atoms with E-state index in [1.54, 1.807) is 0 Å². The molecule has 0 amide bonds. The second-order valence-corrected chi connectivity index (χ2v) is 6.44. The van der Waals surface area contributed by atoms with Crippen molar-refractivity contribution in [2.75, 3.05) is 40.3 Å². The van der Waals surface area contributed by atoms with Crippen molar-refractivity contribution < 1.29 is 0 Å². The summed E-state index contributed by atoms with van der Waals surface area (Å²) in [6.07, 6.45) is 7.31. The van der Waals surface area contributed by atoms with Crippen LogP contribution in [0.15, 0.2) is 12.4 Å². The number of imidazole rings is 1. The van der Waals surface area contributed by atoms with Gasteiger partial charge in [0.2, 0.25) is 0 Å². The van der Waals surface area contributed by atoms with Gasteiger partial charge in [-0.2, -0.15) is 0 Å². The summed E-state index contributed by atoms with van der Waals surface area (Å²) in [5.74, 6) is 1.18. The van der Waals surface area contributed by atoms with Crippen molar-refractivity contribution in [3.05, 3.63) is 18.2 Å². The topological polar surface area (TPSA) is 36.3 Å². The first-order valence-corrected chi connectivity index (χ1v) is 8.18. The fourth-order valence-corrected chi connectivity index (χ4v) is 3.09. The lowest BCUT2D eigenvalue weighted by Crippen LogP contribution is -2.52. The molecule has 2 unspecified atom stereocenters. The summed E-state index contributed by atoms with van der Waals surface area (Å²) < 4.78 is 2.14. The van der Waals surface area contributed by atoms with Gasteiger partial charge in [-0.1, -0.05) is 6.92 Å². The molecule has 0 saturated carbocycles. The van der Waals surface area contributed by atoms with E-state index < -0.39 is 0 Å². The van der Waals surface area contributed by atoms with Gasteiger partial charge in [-0.15, -0.1) is 0 Å². The number of nitrogens with zero attached hydrogens (tertiary/aromatic N) is 4. The van der Waals surface area contributed by atoms with Gasteiger partial charge in [-0.25, -0.2) is 4.98 Å². The second-order valence-electron chi connectivity index (χ2n) is 6.44. The summed E-state index contributed by atoms with van der Waals surface area (Å²) in [5.41, 5.74) is 0. The van der Waals surface area contributed by atoms with Gasteiger partial charge in [0.05, 0.1) is 0 Å². The summed E-state index contributed by atoms with van der Waals surface area (Å²) in [5, 5.41) is 3.72. The van der Waals surface area contributed by atoms with E-state index in [-0.39, 0.29) is 0 Å². The summed E-state index contributed by atoms with van der Waals surface area (Å²) in [7, 11) is 6.57. The molecular weight excluding hydrogens is 262 g/mol. The molecule has 1 N–H and O–H groups in total. The predicted molar refractivity (Wildman–Crippen MR) is 87.5 cm³/mol. The highest BCUT2D eigenvalue weighted by atomic mass is 15.3. The van der Waals surface area contributed by atoms with Gasteiger partial charge in [-0.05, 0) is 33.5 Å². The molecule has 1 aromatic heterocycles. The van der Waals surface area contributed by atoms with E-state index in [2.05, 4.69) is 52.7 Å². The second kappa shape index (κ2) is 7.92. The van der Waals surface area contributed by atoms with E-state index in [0.29, 0.717) is 12.1 Å². The van der Waals surface area contributed by atoms with Crippen LogP contribution < -0.4 is 5.32 Å². The average Bonchev–Trinajstić information content (AvgIpc) is 2.85. The molecule has 1 aliphatic heterocycles. The molecule has 21 heavy (non-hydrogen) atoms. The van der Waals surface area contributed by atoms with E-state index in [4.69, 9.17) is 0 Å². The summed E-state index contributed by atoms with van der Waals surface area (Å²) in [6.45, 7) is 6.83. The Morgan fingerprint density at radius 3 is 2.81 bits per heavy atom. The SMILES string of the molecule is CCCNC(Cc1nccn1C)CC1CN(C)CCN1C. The number of hydrogen-bond acceptors (Lipinski definition) is 4. The zero-order valence-electron chi connectivity index (χ0n) is 14.0. The van der Waals surface area contributed by atoms with E-state index in [1.165, 1.54) is 38.3 Å². The molecular formula is C16H31N5. The average molecular weight is 293 g/mol. The molecule has 0 spiro atoms. The number of piperazine rings is 1. The highest BCUT2D eigenvalue weighted by Crippen LogP contribution is 2.14. The Kier molecular flexibility index (Phi) is 6.21. The highest BCUT2D eigenvalue weighted by Gasteiger charge is 2.25. The maximum absolute atomic E-state index is 4.49. The monoisotopic (exact) mass is 293 g/mol. The van der Waals surface area contributed by atoms with Gasteiger partial charge in [0, 0.05) is 57.6 Å². The third kappa shape index (κ3) is 4.80. The van der Waals surface area contributed by atoms with Gasteiger partial charge >= 0.3 is 0 Å². The Labute approximate surface area is 129 Å². The molecule has 1 aliphatic rings. The molecule has 120 valence electrons. The third-order valence-corrected chi connectivity index (χ3v) is 4.57. The molecule has 0 aromatic carbocycles. The molecule has 5 heteroatoms. The van der Waals surface area contributed by atoms with Gasteiger partial charge < -0.3 is 19.7 Å². The van der Waals surface area contributed by atoms with Gasteiger partial charge in [0.1, 0.15) is 5.82 Å². The minimum absolute atomic E-state index is 0.505. The molecule has 0 radical (unpaired) electrons. The maximum Gasteiger partial charge on any atom is 0.109 e. The lowest BCUT2D eigenvalue weighted by Gasteiger charge is -2.39. The van der Waals surface area contributed by atoms with Crippen LogP contribution in [0.3, 0.4) is 0 Å². The molecule has 0 aliphatic carbocycles. The van der Waals surface area contributed by atoms with Crippen LogP contribution in [0.25, 0.3) is 0 Å². The Morgan fingerprint density at radius 2 is 2.14 bits per heavy atom. The first kappa shape index (κ1) is 16.5. The summed E-state index contributed by atoms with van der Waals surface area (Å²) in [6, 6.07) is 1.14. The van der Waals surface area contributed by atoms with Crippen molar-refractivity contribution in [3.8, 4) is 0 Å². The molecule has 2 rings (SSSR count).